The van der Waals surface area contributed by atoms with Crippen molar-refractivity contribution in [3.63, 3.8) is 0 Å². The van der Waals surface area contributed by atoms with Crippen LogP contribution in [0.3, 0.4) is 0 Å². The first-order valence-electron chi connectivity index (χ1n) is 12.8. The lowest BCUT2D eigenvalue weighted by Crippen LogP contribution is -2.60. The number of methoxy groups -OCH3 is 1. The molecule has 36 heavy (non-hydrogen) atoms. The molecule has 0 aliphatic carbocycles. The van der Waals surface area contributed by atoms with Gasteiger partial charge in [0.15, 0.2) is 5.76 Å². The zero-order valence-electron chi connectivity index (χ0n) is 20.5. The van der Waals surface area contributed by atoms with Crippen LogP contribution in [-0.4, -0.2) is 57.5 Å². The summed E-state index contributed by atoms with van der Waals surface area (Å²) >= 11 is 0. The fourth-order valence-electron chi connectivity index (χ4n) is 8.35. The van der Waals surface area contributed by atoms with Crippen molar-refractivity contribution in [3.05, 3.63) is 70.6 Å². The number of hydrogen-bond donors (Lipinski definition) is 0. The van der Waals surface area contributed by atoms with Gasteiger partial charge in [0, 0.05) is 18.5 Å². The molecule has 7 heterocycles. The highest BCUT2D eigenvalue weighted by Crippen LogP contribution is 2.74. The number of carbonyl (C=O) groups is 1. The van der Waals surface area contributed by atoms with E-state index < -0.39 is 5.79 Å². The van der Waals surface area contributed by atoms with E-state index in [1.807, 2.05) is 22.9 Å². The summed E-state index contributed by atoms with van der Waals surface area (Å²) in [6.45, 7) is 5.56. The summed E-state index contributed by atoms with van der Waals surface area (Å²) in [5.41, 5.74) is 2.30. The maximum Gasteiger partial charge on any atom is 0.343 e. The van der Waals surface area contributed by atoms with Crippen LogP contribution in [0.1, 0.15) is 37.9 Å². The molecule has 2 aromatic rings. The van der Waals surface area contributed by atoms with E-state index in [1.54, 1.807) is 14.0 Å². The number of fused-ring (bicyclic) bond motifs is 1. The van der Waals surface area contributed by atoms with Gasteiger partial charge in [-0.3, -0.25) is 4.90 Å². The van der Waals surface area contributed by atoms with Gasteiger partial charge < -0.3 is 18.9 Å². The van der Waals surface area contributed by atoms with Crippen molar-refractivity contribution in [2.45, 2.75) is 56.7 Å². The topological polar surface area (TPSA) is 87.9 Å². The molecule has 5 bridgehead atoms. The maximum atomic E-state index is 12.4. The Kier molecular flexibility index (Phi) is 3.95. The minimum atomic E-state index is -0.757. The van der Waals surface area contributed by atoms with Crippen molar-refractivity contribution < 1.29 is 23.7 Å². The lowest BCUT2D eigenvalue weighted by atomic mass is 9.70. The zero-order chi connectivity index (χ0) is 24.4. The van der Waals surface area contributed by atoms with Gasteiger partial charge in [-0.05, 0) is 25.3 Å². The highest BCUT2D eigenvalue weighted by Gasteiger charge is 2.85. The number of piperidine rings is 1. The summed E-state index contributed by atoms with van der Waals surface area (Å²) in [7, 11) is 1.56. The minimum Gasteiger partial charge on any atom is -0.492 e. The summed E-state index contributed by atoms with van der Waals surface area (Å²) < 4.78 is 26.9. The van der Waals surface area contributed by atoms with Crippen LogP contribution < -0.4 is 0 Å². The Labute approximate surface area is 208 Å². The zero-order valence-corrected chi connectivity index (χ0v) is 20.5. The molecule has 6 aliphatic rings. The minimum absolute atomic E-state index is 0.00465. The molecule has 5 saturated heterocycles. The summed E-state index contributed by atoms with van der Waals surface area (Å²) in [5.74, 6) is 0.701. The summed E-state index contributed by atoms with van der Waals surface area (Å²) in [6.07, 6.45) is 4.00. The molecule has 9 nitrogen and oxygen atoms in total. The molecular weight excluding hydrogens is 460 g/mol. The molecule has 5 fully saturated rings. The first-order chi connectivity index (χ1) is 17.5. The van der Waals surface area contributed by atoms with Gasteiger partial charge in [0.2, 0.25) is 11.5 Å². The van der Waals surface area contributed by atoms with E-state index >= 15 is 0 Å². The van der Waals surface area contributed by atoms with E-state index in [0.717, 1.165) is 25.1 Å². The number of benzene rings is 1. The van der Waals surface area contributed by atoms with E-state index in [9.17, 15) is 4.79 Å². The molecular formula is C27H28N4O5. The second kappa shape index (κ2) is 6.77. The predicted octanol–water partition coefficient (Wildman–Crippen LogP) is 2.70. The van der Waals surface area contributed by atoms with Gasteiger partial charge in [0.1, 0.15) is 17.0 Å². The fourth-order valence-corrected chi connectivity index (χ4v) is 8.35. The molecule has 6 aliphatic heterocycles. The number of allylic oxidation sites excluding steroid dienone is 1. The van der Waals surface area contributed by atoms with Crippen molar-refractivity contribution in [2.75, 3.05) is 13.7 Å². The Balaban J connectivity index is 1.20. The Bertz CT molecular complexity index is 1370. The predicted molar refractivity (Wildman–Crippen MR) is 125 cm³/mol. The lowest BCUT2D eigenvalue weighted by Gasteiger charge is -2.47. The van der Waals surface area contributed by atoms with Crippen LogP contribution in [0.25, 0.3) is 0 Å². The van der Waals surface area contributed by atoms with Crippen LogP contribution in [-0.2, 0) is 35.8 Å². The van der Waals surface area contributed by atoms with Crippen molar-refractivity contribution in [3.8, 4) is 0 Å². The van der Waals surface area contributed by atoms with Crippen molar-refractivity contribution in [1.29, 1.82) is 0 Å². The highest BCUT2D eigenvalue weighted by atomic mass is 16.7. The Morgan fingerprint density at radius 1 is 1.25 bits per heavy atom. The first kappa shape index (κ1) is 21.0. The molecule has 0 amide bonds. The number of aromatic nitrogens is 3. The molecule has 9 heteroatoms. The van der Waals surface area contributed by atoms with E-state index in [0.29, 0.717) is 35.4 Å². The number of nitrogens with zero attached hydrogens (tertiary/aromatic N) is 4. The molecule has 1 spiro atoms. The van der Waals surface area contributed by atoms with Gasteiger partial charge in [-0.25, -0.2) is 9.48 Å². The second-order valence-corrected chi connectivity index (χ2v) is 10.9. The van der Waals surface area contributed by atoms with Crippen LogP contribution in [0.4, 0.5) is 0 Å². The number of hydrogen-bond acceptors (Lipinski definition) is 8. The maximum absolute atomic E-state index is 12.4. The average Bonchev–Trinajstić information content (AvgIpc) is 3.67. The summed E-state index contributed by atoms with van der Waals surface area (Å²) in [5, 5.41) is 9.24. The Morgan fingerprint density at radius 2 is 2.08 bits per heavy atom. The van der Waals surface area contributed by atoms with E-state index in [1.165, 1.54) is 5.56 Å². The molecule has 186 valence electrons. The monoisotopic (exact) mass is 488 g/mol. The fraction of sp³-hybridized carbons (Fsp3) is 0.519. The lowest BCUT2D eigenvalue weighted by molar-refractivity contribution is -0.256. The van der Waals surface area contributed by atoms with E-state index in [4.69, 9.17) is 24.0 Å². The molecule has 8 atom stereocenters. The average molecular weight is 489 g/mol. The van der Waals surface area contributed by atoms with Crippen LogP contribution in [0, 0.1) is 17.8 Å². The standard InChI is InChI=1S/C27H28N4O5/c1-14-21-17-11-20-26(19-13-30(29-28-19)12-16-7-5-4-6-8-16)18(9-10-31(17)26)27(21,35-20)36-23(14)24-22(33-3)15(2)25(32)34-24/h4-8,13-14,17-18,20-21H,9-12H2,1-3H3/b24-23-/t14-,17?,18?,20?,21+,26?,27?/m0/s1. The molecule has 6 unspecified atom stereocenters. The van der Waals surface area contributed by atoms with E-state index in [2.05, 4.69) is 35.4 Å². The quantitative estimate of drug-likeness (QED) is 0.607. The van der Waals surface area contributed by atoms with Crippen LogP contribution in [0.15, 0.2) is 59.4 Å². The third-order valence-electron chi connectivity index (χ3n) is 9.54. The molecule has 8 rings (SSSR count). The van der Waals surface area contributed by atoms with Crippen molar-refractivity contribution >= 4 is 5.97 Å². The number of cyclic esters (lactones) is 1. The summed E-state index contributed by atoms with van der Waals surface area (Å²) in [4.78, 5) is 15.0. The highest BCUT2D eigenvalue weighted by molar-refractivity contribution is 5.93. The van der Waals surface area contributed by atoms with Crippen molar-refractivity contribution in [2.24, 2.45) is 17.8 Å². The molecule has 1 aromatic heterocycles. The van der Waals surface area contributed by atoms with Gasteiger partial charge in [-0.15, -0.1) is 5.10 Å². The van der Waals surface area contributed by atoms with Crippen LogP contribution in [0.2, 0.25) is 0 Å². The first-order valence-corrected chi connectivity index (χ1v) is 12.8. The third-order valence-corrected chi connectivity index (χ3v) is 9.54. The Hall–Kier alpha value is -3.17. The molecule has 0 saturated carbocycles. The normalized spacial score (nSPS) is 43.4. The van der Waals surface area contributed by atoms with E-state index in [-0.39, 0.29) is 35.4 Å². The number of rotatable bonds is 4. The van der Waals surface area contributed by atoms with Gasteiger partial charge in [0.05, 0.1) is 43.4 Å². The number of esters is 1. The van der Waals surface area contributed by atoms with Crippen molar-refractivity contribution in [1.82, 2.24) is 19.9 Å². The van der Waals surface area contributed by atoms with Crippen LogP contribution >= 0.6 is 0 Å². The van der Waals surface area contributed by atoms with Gasteiger partial charge >= 0.3 is 5.97 Å². The smallest absolute Gasteiger partial charge is 0.343 e. The largest absolute Gasteiger partial charge is 0.492 e. The third kappa shape index (κ3) is 2.23. The second-order valence-electron chi connectivity index (χ2n) is 10.9. The number of carbonyl (C=O) groups excluding carboxylic acids is 1. The van der Waals surface area contributed by atoms with Gasteiger partial charge in [-0.1, -0.05) is 42.5 Å². The van der Waals surface area contributed by atoms with Gasteiger partial charge in [-0.2, -0.15) is 0 Å². The SMILES string of the molecule is COC1=C(C)C(=O)O/C1=C1\OC23OC4CC([C@H]2[C@@H]1C)N1CCC3C41c1cn(Cc2ccccc2)nn1. The van der Waals surface area contributed by atoms with Gasteiger partial charge in [0.25, 0.3) is 0 Å². The molecule has 0 radical (unpaired) electrons. The summed E-state index contributed by atoms with van der Waals surface area (Å²) in [6, 6.07) is 10.6. The molecule has 1 aromatic carbocycles. The molecule has 0 N–H and O–H groups in total. The number of ether oxygens (including phenoxy) is 4. The Morgan fingerprint density at radius 3 is 2.89 bits per heavy atom. The van der Waals surface area contributed by atoms with Crippen LogP contribution in [0.5, 0.6) is 0 Å².